The van der Waals surface area contributed by atoms with Crippen molar-refractivity contribution in [3.8, 4) is 0 Å². The number of carbonyl (C=O) groups excluding carboxylic acids is 2. The van der Waals surface area contributed by atoms with Crippen molar-refractivity contribution in [2.24, 2.45) is 0 Å². The fourth-order valence-electron chi connectivity index (χ4n) is 1.60. The highest BCUT2D eigenvalue weighted by Crippen LogP contribution is 2.24. The van der Waals surface area contributed by atoms with E-state index in [0.717, 1.165) is 11.8 Å². The van der Waals surface area contributed by atoms with E-state index in [1.165, 1.54) is 17.0 Å². The minimum atomic E-state index is -0.474. The van der Waals surface area contributed by atoms with Crippen LogP contribution in [0, 0.1) is 0 Å². The molecule has 2 aromatic rings. The number of benzene rings is 1. The molecular weight excluding hydrogens is 357 g/mol. The molecule has 0 unspecified atom stereocenters. The van der Waals surface area contributed by atoms with Crippen molar-refractivity contribution >= 4 is 51.8 Å². The van der Waals surface area contributed by atoms with E-state index in [-0.39, 0.29) is 21.1 Å². The predicted molar refractivity (Wildman–Crippen MR) is 93.6 cm³/mol. The molecule has 0 aliphatic heterocycles. The molecule has 0 aliphatic carbocycles. The lowest BCUT2D eigenvalue weighted by molar-refractivity contribution is 0.102. The average Bonchev–Trinajstić information content (AvgIpc) is 2.49. The molecule has 23 heavy (non-hydrogen) atoms. The summed E-state index contributed by atoms with van der Waals surface area (Å²) < 4.78 is 0. The Balaban J connectivity index is 2.15. The van der Waals surface area contributed by atoms with Gasteiger partial charge in [-0.05, 0) is 42.1 Å². The van der Waals surface area contributed by atoms with Gasteiger partial charge in [-0.3, -0.25) is 9.59 Å². The van der Waals surface area contributed by atoms with Crippen LogP contribution in [0.15, 0.2) is 41.3 Å². The Hall–Kier alpha value is -1.76. The molecule has 1 N–H and O–H groups in total. The van der Waals surface area contributed by atoms with E-state index in [9.17, 15) is 9.59 Å². The Morgan fingerprint density at radius 1 is 1.17 bits per heavy atom. The number of anilines is 1. The smallest absolute Gasteiger partial charge is 0.285 e. The van der Waals surface area contributed by atoms with Crippen molar-refractivity contribution in [2.75, 3.05) is 19.4 Å². The number of aromatic nitrogens is 1. The molecule has 0 aliphatic rings. The van der Waals surface area contributed by atoms with E-state index in [1.807, 2.05) is 0 Å². The molecule has 0 saturated heterocycles. The summed E-state index contributed by atoms with van der Waals surface area (Å²) in [6.07, 6.45) is 0. The third-order valence-corrected chi connectivity index (χ3v) is 4.23. The zero-order chi connectivity index (χ0) is 17.0. The van der Waals surface area contributed by atoms with Crippen LogP contribution in [0.25, 0.3) is 0 Å². The van der Waals surface area contributed by atoms with Crippen molar-refractivity contribution in [2.45, 2.75) is 4.90 Å². The topological polar surface area (TPSA) is 62.3 Å². The number of carbonyl (C=O) groups is 2. The van der Waals surface area contributed by atoms with Crippen molar-refractivity contribution in [1.82, 2.24) is 9.88 Å². The minimum Gasteiger partial charge on any atom is -0.339 e. The second-order valence-corrected chi connectivity index (χ2v) is 6.53. The quantitative estimate of drug-likeness (QED) is 0.642. The van der Waals surface area contributed by atoms with Crippen LogP contribution < -0.4 is 5.32 Å². The maximum atomic E-state index is 12.2. The number of halogens is 2. The highest BCUT2D eigenvalue weighted by Gasteiger charge is 2.14. The molecule has 0 bridgehead atoms. The number of nitrogens with zero attached hydrogens (tertiary/aromatic N) is 2. The molecule has 2 rings (SSSR count). The lowest BCUT2D eigenvalue weighted by Gasteiger charge is -2.10. The Bertz CT molecular complexity index is 753. The molecule has 1 heterocycles. The molecule has 2 amide bonds. The number of thioether (sulfide) groups is 1. The van der Waals surface area contributed by atoms with Crippen LogP contribution in [0.4, 0.5) is 10.5 Å². The van der Waals surface area contributed by atoms with Crippen LogP contribution in [-0.2, 0) is 0 Å². The molecule has 1 aromatic carbocycles. The summed E-state index contributed by atoms with van der Waals surface area (Å²) in [5, 5.41) is 2.97. The van der Waals surface area contributed by atoms with Gasteiger partial charge in [0.25, 0.3) is 11.1 Å². The summed E-state index contributed by atoms with van der Waals surface area (Å²) in [5.74, 6) is -0.474. The fourth-order valence-corrected chi connectivity index (χ4v) is 2.65. The third-order valence-electron chi connectivity index (χ3n) is 2.69. The van der Waals surface area contributed by atoms with Gasteiger partial charge in [0, 0.05) is 24.7 Å². The van der Waals surface area contributed by atoms with Crippen LogP contribution in [0.1, 0.15) is 10.5 Å². The minimum absolute atomic E-state index is 0.0431. The van der Waals surface area contributed by atoms with Crippen molar-refractivity contribution in [1.29, 1.82) is 0 Å². The van der Waals surface area contributed by atoms with Crippen LogP contribution in [0.5, 0.6) is 0 Å². The highest BCUT2D eigenvalue weighted by atomic mass is 35.5. The Morgan fingerprint density at radius 2 is 1.91 bits per heavy atom. The highest BCUT2D eigenvalue weighted by molar-refractivity contribution is 8.13. The summed E-state index contributed by atoms with van der Waals surface area (Å²) in [5.41, 5.74) is 0.575. The average molecular weight is 370 g/mol. The van der Waals surface area contributed by atoms with Gasteiger partial charge in [0.15, 0.2) is 0 Å². The van der Waals surface area contributed by atoms with Crippen LogP contribution in [0.2, 0.25) is 10.2 Å². The first-order chi connectivity index (χ1) is 10.9. The number of hydrogen-bond acceptors (Lipinski definition) is 4. The van der Waals surface area contributed by atoms with Gasteiger partial charge < -0.3 is 10.2 Å². The molecule has 0 spiro atoms. The SMILES string of the molecule is CN(C)C(=O)Sc1cccc(NC(=O)c2nc(Cl)ccc2Cl)c1. The zero-order valence-electron chi connectivity index (χ0n) is 12.3. The van der Waals surface area contributed by atoms with E-state index in [4.69, 9.17) is 23.2 Å². The van der Waals surface area contributed by atoms with Crippen LogP contribution in [-0.4, -0.2) is 35.1 Å². The maximum Gasteiger partial charge on any atom is 0.285 e. The first-order valence-electron chi connectivity index (χ1n) is 6.49. The fraction of sp³-hybridized carbons (Fsp3) is 0.133. The van der Waals surface area contributed by atoms with Gasteiger partial charge in [0.2, 0.25) is 0 Å². The second kappa shape index (κ2) is 7.68. The van der Waals surface area contributed by atoms with Crippen molar-refractivity contribution < 1.29 is 9.59 Å². The number of rotatable bonds is 3. The third kappa shape index (κ3) is 4.86. The van der Waals surface area contributed by atoms with Crippen molar-refractivity contribution in [3.63, 3.8) is 0 Å². The summed E-state index contributed by atoms with van der Waals surface area (Å²) >= 11 is 12.8. The van der Waals surface area contributed by atoms with Crippen LogP contribution >= 0.6 is 35.0 Å². The van der Waals surface area contributed by atoms with E-state index in [1.54, 1.807) is 38.4 Å². The normalized spacial score (nSPS) is 10.3. The van der Waals surface area contributed by atoms with Gasteiger partial charge in [-0.15, -0.1) is 0 Å². The monoisotopic (exact) mass is 369 g/mol. The van der Waals surface area contributed by atoms with E-state index in [0.29, 0.717) is 10.6 Å². The molecule has 0 radical (unpaired) electrons. The molecule has 5 nitrogen and oxygen atoms in total. The lowest BCUT2D eigenvalue weighted by atomic mass is 10.3. The Labute approximate surface area is 148 Å². The van der Waals surface area contributed by atoms with E-state index < -0.39 is 5.91 Å². The summed E-state index contributed by atoms with van der Waals surface area (Å²) in [6, 6.07) is 9.95. The van der Waals surface area contributed by atoms with Gasteiger partial charge in [0.05, 0.1) is 5.02 Å². The first-order valence-corrected chi connectivity index (χ1v) is 8.06. The van der Waals surface area contributed by atoms with Gasteiger partial charge in [-0.2, -0.15) is 0 Å². The van der Waals surface area contributed by atoms with E-state index >= 15 is 0 Å². The largest absolute Gasteiger partial charge is 0.339 e. The Morgan fingerprint density at radius 3 is 2.61 bits per heavy atom. The molecular formula is C15H13Cl2N3O2S. The molecule has 0 saturated carbocycles. The Kier molecular flexibility index (Phi) is 5.87. The molecule has 0 fully saturated rings. The number of amides is 2. The maximum absolute atomic E-state index is 12.2. The van der Waals surface area contributed by atoms with Gasteiger partial charge in [-0.25, -0.2) is 4.98 Å². The van der Waals surface area contributed by atoms with Crippen LogP contribution in [0.3, 0.4) is 0 Å². The van der Waals surface area contributed by atoms with Gasteiger partial charge >= 0.3 is 0 Å². The molecule has 120 valence electrons. The number of pyridine rings is 1. The summed E-state index contributed by atoms with van der Waals surface area (Å²) in [4.78, 5) is 30.0. The number of hydrogen-bond donors (Lipinski definition) is 1. The predicted octanol–water partition coefficient (Wildman–Crippen LogP) is 4.41. The number of nitrogens with one attached hydrogen (secondary N) is 1. The first kappa shape index (κ1) is 17.6. The van der Waals surface area contributed by atoms with Crippen molar-refractivity contribution in [3.05, 3.63) is 52.3 Å². The molecule has 1 aromatic heterocycles. The zero-order valence-corrected chi connectivity index (χ0v) is 14.7. The van der Waals surface area contributed by atoms with E-state index in [2.05, 4.69) is 10.3 Å². The second-order valence-electron chi connectivity index (χ2n) is 4.71. The molecule has 0 atom stereocenters. The lowest BCUT2D eigenvalue weighted by Crippen LogP contribution is -2.16. The summed E-state index contributed by atoms with van der Waals surface area (Å²) in [7, 11) is 3.35. The molecule has 8 heteroatoms. The van der Waals surface area contributed by atoms with Gasteiger partial charge in [-0.1, -0.05) is 29.3 Å². The van der Waals surface area contributed by atoms with Gasteiger partial charge in [0.1, 0.15) is 10.8 Å². The summed E-state index contributed by atoms with van der Waals surface area (Å²) in [6.45, 7) is 0. The standard InChI is InChI=1S/C15H13Cl2N3O2S/c1-20(2)15(22)23-10-5-3-4-9(8-10)18-14(21)13-11(16)6-7-12(17)19-13/h3-8H,1-2H3,(H,18,21).